The number of carbonyl (C=O) groups excluding carboxylic acids is 2. The summed E-state index contributed by atoms with van der Waals surface area (Å²) in [4.78, 5) is 28.5. The summed E-state index contributed by atoms with van der Waals surface area (Å²) in [5, 5.41) is 15.7. The third-order valence-electron chi connectivity index (χ3n) is 6.60. The van der Waals surface area contributed by atoms with Crippen LogP contribution in [-0.2, 0) is 14.8 Å². The number of rotatable bonds is 8. The molecule has 1 aliphatic carbocycles. The van der Waals surface area contributed by atoms with Gasteiger partial charge in [-0.05, 0) is 55.9 Å². The molecule has 0 radical (unpaired) electrons. The number of anilines is 3. The Morgan fingerprint density at radius 2 is 1.92 bits per heavy atom. The minimum absolute atomic E-state index is 0.104. The predicted molar refractivity (Wildman–Crippen MR) is 137 cm³/mol. The molecule has 37 heavy (non-hydrogen) atoms. The maximum absolute atomic E-state index is 13.0. The van der Waals surface area contributed by atoms with Gasteiger partial charge in [-0.2, -0.15) is 13.9 Å². The maximum Gasteiger partial charge on any atom is 0.326 e. The topological polar surface area (TPSA) is 150 Å². The Hall–Kier alpha value is -3.97. The number of fused-ring (bicyclic) bond motifs is 1. The van der Waals surface area contributed by atoms with E-state index in [4.69, 9.17) is 0 Å². The molecule has 2 saturated heterocycles. The molecule has 0 spiro atoms. The minimum Gasteiger partial charge on any atom is -0.370 e. The molecule has 3 aliphatic rings. The predicted octanol–water partition coefficient (Wildman–Crippen LogP) is 2.26. The first kappa shape index (κ1) is 23.4. The van der Waals surface area contributed by atoms with Crippen LogP contribution >= 0.6 is 0 Å². The molecule has 3 aromatic rings. The van der Waals surface area contributed by atoms with Crippen LogP contribution in [0.3, 0.4) is 0 Å². The average molecular weight is 523 g/mol. The molecule has 12 nitrogen and oxygen atoms in total. The highest BCUT2D eigenvalue weighted by Crippen LogP contribution is 2.30. The number of aromatic nitrogens is 3. The first-order valence-corrected chi connectivity index (χ1v) is 13.6. The summed E-state index contributed by atoms with van der Waals surface area (Å²) < 4.78 is 29.2. The van der Waals surface area contributed by atoms with E-state index in [1.807, 2.05) is 6.07 Å². The fraction of sp³-hybridized carbons (Fsp3) is 0.333. The number of imide groups is 1. The lowest BCUT2D eigenvalue weighted by molar-refractivity contribution is -0.115. The molecule has 0 atom stereocenters. The van der Waals surface area contributed by atoms with Gasteiger partial charge in [-0.3, -0.25) is 10.1 Å². The van der Waals surface area contributed by atoms with Gasteiger partial charge in [-0.1, -0.05) is 6.07 Å². The molecule has 192 valence electrons. The lowest BCUT2D eigenvalue weighted by Crippen LogP contribution is -2.27. The van der Waals surface area contributed by atoms with Crippen LogP contribution in [0.5, 0.6) is 0 Å². The largest absolute Gasteiger partial charge is 0.370 e. The van der Waals surface area contributed by atoms with Gasteiger partial charge >= 0.3 is 6.03 Å². The Kier molecular flexibility index (Phi) is 5.80. The van der Waals surface area contributed by atoms with Crippen LogP contribution in [0.25, 0.3) is 11.7 Å². The highest BCUT2D eigenvalue weighted by atomic mass is 32.2. The first-order valence-electron chi connectivity index (χ1n) is 12.2. The zero-order chi connectivity index (χ0) is 25.6. The Labute approximate surface area is 213 Å². The van der Waals surface area contributed by atoms with Crippen molar-refractivity contribution in [3.05, 3.63) is 47.8 Å². The standard InChI is InChI=1S/C24H26N8O4S/c33-23-19(28-24(34)30-23)10-16-14-26-32-21(25-13-15-6-7-15)12-20(29-22(16)32)27-17-4-3-5-18(11-17)37(35,36)31-8-1-2-9-31/h3-5,10-12,14-15,25H,1-2,6-9,13H2,(H,27,29)(H2,28,30,33,34)/b19-10-. The second-order valence-corrected chi connectivity index (χ2v) is 11.4. The number of hydrogen-bond donors (Lipinski definition) is 4. The molecule has 6 rings (SSSR count). The number of hydrogen-bond acceptors (Lipinski definition) is 8. The zero-order valence-corrected chi connectivity index (χ0v) is 20.7. The molecule has 0 unspecified atom stereocenters. The van der Waals surface area contributed by atoms with Crippen molar-refractivity contribution in [2.75, 3.05) is 30.3 Å². The van der Waals surface area contributed by atoms with Crippen LogP contribution in [0.15, 0.2) is 47.1 Å². The number of urea groups is 1. The van der Waals surface area contributed by atoms with Crippen molar-refractivity contribution < 1.29 is 18.0 Å². The first-order chi connectivity index (χ1) is 17.9. The van der Waals surface area contributed by atoms with E-state index >= 15 is 0 Å². The van der Waals surface area contributed by atoms with Gasteiger partial charge in [-0.15, -0.1) is 0 Å². The zero-order valence-electron chi connectivity index (χ0n) is 19.9. The van der Waals surface area contributed by atoms with Crippen molar-refractivity contribution in [1.29, 1.82) is 0 Å². The van der Waals surface area contributed by atoms with Crippen LogP contribution in [0.1, 0.15) is 31.2 Å². The Morgan fingerprint density at radius 3 is 2.65 bits per heavy atom. The molecule has 2 aromatic heterocycles. The van der Waals surface area contributed by atoms with Crippen molar-refractivity contribution in [2.24, 2.45) is 5.92 Å². The summed E-state index contributed by atoms with van der Waals surface area (Å²) >= 11 is 0. The van der Waals surface area contributed by atoms with Crippen LogP contribution in [0.2, 0.25) is 0 Å². The number of carbonyl (C=O) groups is 2. The molecule has 1 aromatic carbocycles. The highest BCUT2D eigenvalue weighted by Gasteiger charge is 2.28. The number of nitrogens with zero attached hydrogens (tertiary/aromatic N) is 4. The summed E-state index contributed by atoms with van der Waals surface area (Å²) in [6.07, 6.45) is 7.18. The molecular weight excluding hydrogens is 496 g/mol. The van der Waals surface area contributed by atoms with E-state index < -0.39 is 22.0 Å². The number of benzene rings is 1. The summed E-state index contributed by atoms with van der Waals surface area (Å²) in [5.74, 6) is 1.26. The van der Waals surface area contributed by atoms with E-state index in [2.05, 4.69) is 31.3 Å². The van der Waals surface area contributed by atoms with Crippen LogP contribution in [0.4, 0.5) is 22.1 Å². The third kappa shape index (κ3) is 4.74. The van der Waals surface area contributed by atoms with Crippen molar-refractivity contribution >= 4 is 51.0 Å². The van der Waals surface area contributed by atoms with Gasteiger partial charge < -0.3 is 16.0 Å². The van der Waals surface area contributed by atoms with E-state index in [0.717, 1.165) is 19.4 Å². The van der Waals surface area contributed by atoms with Crippen LogP contribution in [-0.4, -0.2) is 58.9 Å². The second kappa shape index (κ2) is 9.16. The van der Waals surface area contributed by atoms with E-state index in [9.17, 15) is 18.0 Å². The van der Waals surface area contributed by atoms with Crippen molar-refractivity contribution in [2.45, 2.75) is 30.6 Å². The minimum atomic E-state index is -3.56. The fourth-order valence-corrected chi connectivity index (χ4v) is 6.00. The summed E-state index contributed by atoms with van der Waals surface area (Å²) in [5.41, 5.74) is 1.68. The molecule has 1 saturated carbocycles. The maximum atomic E-state index is 13.0. The Balaban J connectivity index is 1.35. The van der Waals surface area contributed by atoms with Gasteiger partial charge in [-0.25, -0.2) is 18.2 Å². The van der Waals surface area contributed by atoms with E-state index in [1.165, 1.54) is 23.2 Å². The number of nitrogens with one attached hydrogen (secondary N) is 4. The normalized spacial score (nSPS) is 19.4. The molecule has 0 bridgehead atoms. The van der Waals surface area contributed by atoms with Crippen molar-refractivity contribution in [3.8, 4) is 0 Å². The summed E-state index contributed by atoms with van der Waals surface area (Å²) in [7, 11) is -3.56. The van der Waals surface area contributed by atoms with Gasteiger partial charge in [0.15, 0.2) is 5.65 Å². The highest BCUT2D eigenvalue weighted by molar-refractivity contribution is 7.89. The summed E-state index contributed by atoms with van der Waals surface area (Å²) in [6, 6.07) is 7.91. The SMILES string of the molecule is O=C1NC(=O)/C(=C/c2cnn3c(NCC4CC4)cc(Nc4cccc(S(=O)(=O)N5CCCC5)c4)nc23)N1. The van der Waals surface area contributed by atoms with Crippen LogP contribution in [0, 0.1) is 5.92 Å². The van der Waals surface area contributed by atoms with Crippen molar-refractivity contribution in [3.63, 3.8) is 0 Å². The quantitative estimate of drug-likeness (QED) is 0.260. The Morgan fingerprint density at radius 1 is 1.11 bits per heavy atom. The van der Waals surface area contributed by atoms with Gasteiger partial charge in [0.2, 0.25) is 10.0 Å². The monoisotopic (exact) mass is 522 g/mol. The van der Waals surface area contributed by atoms with E-state index in [-0.39, 0.29) is 10.6 Å². The molecule has 3 fully saturated rings. The van der Waals surface area contributed by atoms with E-state index in [0.29, 0.717) is 47.5 Å². The Bertz CT molecular complexity index is 1540. The number of amides is 3. The molecule has 13 heteroatoms. The van der Waals surface area contributed by atoms with Crippen molar-refractivity contribution in [1.82, 2.24) is 29.5 Å². The third-order valence-corrected chi connectivity index (χ3v) is 8.49. The average Bonchev–Trinajstić information content (AvgIpc) is 3.22. The molecule has 3 amide bonds. The van der Waals surface area contributed by atoms with Gasteiger partial charge in [0, 0.05) is 37.0 Å². The molecule has 2 aliphatic heterocycles. The number of sulfonamides is 1. The van der Waals surface area contributed by atoms with Gasteiger partial charge in [0.1, 0.15) is 17.3 Å². The van der Waals surface area contributed by atoms with Crippen LogP contribution < -0.4 is 21.3 Å². The lowest BCUT2D eigenvalue weighted by Gasteiger charge is -2.16. The molecule has 4 N–H and O–H groups in total. The molecular formula is C24H26N8O4S. The smallest absolute Gasteiger partial charge is 0.326 e. The second-order valence-electron chi connectivity index (χ2n) is 9.42. The molecule has 4 heterocycles. The van der Waals surface area contributed by atoms with Gasteiger partial charge in [0.25, 0.3) is 5.91 Å². The van der Waals surface area contributed by atoms with Gasteiger partial charge in [0.05, 0.1) is 11.1 Å². The fourth-order valence-electron chi connectivity index (χ4n) is 4.44. The summed E-state index contributed by atoms with van der Waals surface area (Å²) in [6.45, 7) is 1.86. The lowest BCUT2D eigenvalue weighted by atomic mass is 10.2. The van der Waals surface area contributed by atoms with E-state index in [1.54, 1.807) is 35.0 Å².